The number of likely N-dealkylation sites (N-methyl/N-ethyl adjacent to an activating group) is 1. The fourth-order valence-electron chi connectivity index (χ4n) is 5.74. The number of benzene rings is 2. The van der Waals surface area contributed by atoms with Crippen LogP contribution in [-0.4, -0.2) is 78.2 Å². The molecule has 0 radical (unpaired) electrons. The van der Waals surface area contributed by atoms with Gasteiger partial charge in [0.1, 0.15) is 12.6 Å². The second-order valence-corrected chi connectivity index (χ2v) is 9.80. The number of ether oxygens (including phenoxy) is 1. The lowest BCUT2D eigenvalue weighted by Crippen LogP contribution is -2.57. The molecule has 0 aromatic heterocycles. The second kappa shape index (κ2) is 9.70. The minimum absolute atomic E-state index is 0.00506. The van der Waals surface area contributed by atoms with E-state index in [1.807, 2.05) is 24.3 Å². The first-order valence-electron chi connectivity index (χ1n) is 12.3. The van der Waals surface area contributed by atoms with Crippen LogP contribution < -0.4 is 5.32 Å². The molecule has 1 heterocycles. The number of carbonyl (C=O) groups is 3. The number of carboxylic acids is 1. The number of alkyl carbamates (subject to hydrolysis) is 1. The third kappa shape index (κ3) is 4.62. The Balaban J connectivity index is 1.14. The van der Waals surface area contributed by atoms with Gasteiger partial charge >= 0.3 is 12.1 Å². The molecule has 2 N–H and O–H groups in total. The van der Waals surface area contributed by atoms with E-state index in [1.54, 1.807) is 16.8 Å². The Bertz CT molecular complexity index is 1090. The molecule has 2 fully saturated rings. The molecule has 8 nitrogen and oxygen atoms in total. The van der Waals surface area contributed by atoms with Gasteiger partial charge in [0.2, 0.25) is 5.91 Å². The predicted octanol–water partition coefficient (Wildman–Crippen LogP) is 2.92. The van der Waals surface area contributed by atoms with E-state index < -0.39 is 18.1 Å². The normalized spacial score (nSPS) is 24.0. The van der Waals surface area contributed by atoms with Crippen molar-refractivity contribution in [1.29, 1.82) is 0 Å². The van der Waals surface area contributed by atoms with Crippen LogP contribution in [0.3, 0.4) is 0 Å². The Labute approximate surface area is 204 Å². The Kier molecular flexibility index (Phi) is 6.47. The maximum Gasteiger partial charge on any atom is 0.407 e. The van der Waals surface area contributed by atoms with Crippen LogP contribution in [0, 0.1) is 5.92 Å². The zero-order valence-corrected chi connectivity index (χ0v) is 19.9. The number of carboxylic acid groups (broad SMARTS) is 1. The smallest absolute Gasteiger partial charge is 0.407 e. The average Bonchev–Trinajstić information content (AvgIpc) is 3.45. The second-order valence-electron chi connectivity index (χ2n) is 9.80. The third-order valence-corrected chi connectivity index (χ3v) is 7.69. The summed E-state index contributed by atoms with van der Waals surface area (Å²) in [6.45, 7) is 1.52. The molecular weight excluding hydrogens is 446 g/mol. The van der Waals surface area contributed by atoms with Gasteiger partial charge in [-0.15, -0.1) is 0 Å². The summed E-state index contributed by atoms with van der Waals surface area (Å²) in [7, 11) is 1.77. The van der Waals surface area contributed by atoms with Crippen LogP contribution in [0.4, 0.5) is 4.79 Å². The monoisotopic (exact) mass is 477 g/mol. The van der Waals surface area contributed by atoms with Gasteiger partial charge in [0.05, 0.1) is 0 Å². The van der Waals surface area contributed by atoms with E-state index in [0.717, 1.165) is 0 Å². The maximum absolute atomic E-state index is 13.0. The van der Waals surface area contributed by atoms with Gasteiger partial charge in [0.15, 0.2) is 0 Å². The van der Waals surface area contributed by atoms with E-state index in [1.165, 1.54) is 22.3 Å². The van der Waals surface area contributed by atoms with Gasteiger partial charge in [-0.1, -0.05) is 48.5 Å². The van der Waals surface area contributed by atoms with Gasteiger partial charge in [-0.3, -0.25) is 14.5 Å². The van der Waals surface area contributed by atoms with Crippen molar-refractivity contribution in [3.63, 3.8) is 0 Å². The molecule has 1 unspecified atom stereocenters. The van der Waals surface area contributed by atoms with Gasteiger partial charge in [-0.2, -0.15) is 0 Å². The van der Waals surface area contributed by atoms with Crippen molar-refractivity contribution in [1.82, 2.24) is 15.1 Å². The first-order chi connectivity index (χ1) is 16.9. The fourth-order valence-corrected chi connectivity index (χ4v) is 5.74. The van der Waals surface area contributed by atoms with Crippen molar-refractivity contribution in [3.8, 4) is 11.1 Å². The summed E-state index contributed by atoms with van der Waals surface area (Å²) in [6, 6.07) is 15.6. The van der Waals surface area contributed by atoms with Crippen molar-refractivity contribution < 1.29 is 24.2 Å². The molecule has 3 atom stereocenters. The third-order valence-electron chi connectivity index (χ3n) is 7.69. The lowest BCUT2D eigenvalue weighted by molar-refractivity contribution is -0.148. The van der Waals surface area contributed by atoms with Crippen LogP contribution in [0.5, 0.6) is 0 Å². The van der Waals surface area contributed by atoms with E-state index in [4.69, 9.17) is 4.74 Å². The molecule has 2 aliphatic carbocycles. The van der Waals surface area contributed by atoms with E-state index in [0.29, 0.717) is 32.4 Å². The number of hydrogen-bond acceptors (Lipinski definition) is 5. The van der Waals surface area contributed by atoms with Crippen molar-refractivity contribution in [2.75, 3.05) is 33.3 Å². The number of aliphatic carboxylic acids is 1. The number of carbonyl (C=O) groups excluding carboxylic acids is 2. The van der Waals surface area contributed by atoms with Crippen LogP contribution >= 0.6 is 0 Å². The number of amides is 2. The summed E-state index contributed by atoms with van der Waals surface area (Å²) in [4.78, 5) is 40.5. The van der Waals surface area contributed by atoms with Gasteiger partial charge in [-0.25, -0.2) is 4.79 Å². The summed E-state index contributed by atoms with van der Waals surface area (Å²) in [5.41, 5.74) is 4.70. The van der Waals surface area contributed by atoms with E-state index in [-0.39, 0.29) is 36.9 Å². The van der Waals surface area contributed by atoms with Crippen LogP contribution in [-0.2, 0) is 14.3 Å². The van der Waals surface area contributed by atoms with Crippen molar-refractivity contribution in [2.24, 2.45) is 5.92 Å². The molecule has 3 aliphatic rings. The fraction of sp³-hybridized carbons (Fsp3) is 0.444. The number of nitrogens with one attached hydrogen (secondary N) is 1. The summed E-state index contributed by atoms with van der Waals surface area (Å²) in [5, 5.41) is 12.3. The largest absolute Gasteiger partial charge is 0.480 e. The highest BCUT2D eigenvalue weighted by Gasteiger charge is 2.38. The molecule has 35 heavy (non-hydrogen) atoms. The Morgan fingerprint density at radius 1 is 1.00 bits per heavy atom. The summed E-state index contributed by atoms with van der Waals surface area (Å²) in [6.07, 6.45) is 1.47. The van der Waals surface area contributed by atoms with Crippen molar-refractivity contribution >= 4 is 18.0 Å². The van der Waals surface area contributed by atoms with Gasteiger partial charge in [-0.05, 0) is 48.6 Å². The highest BCUT2D eigenvalue weighted by Crippen LogP contribution is 2.44. The molecule has 8 heteroatoms. The lowest BCUT2D eigenvalue weighted by Gasteiger charge is -2.38. The summed E-state index contributed by atoms with van der Waals surface area (Å²) < 4.78 is 5.65. The number of fused-ring (bicyclic) bond motifs is 3. The molecule has 2 aromatic carbocycles. The minimum atomic E-state index is -0.911. The van der Waals surface area contributed by atoms with Crippen molar-refractivity contribution in [2.45, 2.75) is 37.3 Å². The molecule has 1 aliphatic heterocycles. The van der Waals surface area contributed by atoms with Crippen LogP contribution in [0.2, 0.25) is 0 Å². The highest BCUT2D eigenvalue weighted by molar-refractivity contribution is 5.82. The molecule has 5 rings (SSSR count). The summed E-state index contributed by atoms with van der Waals surface area (Å²) >= 11 is 0. The lowest BCUT2D eigenvalue weighted by atomic mass is 9.98. The van der Waals surface area contributed by atoms with Gasteiger partial charge in [0.25, 0.3) is 0 Å². The predicted molar refractivity (Wildman–Crippen MR) is 130 cm³/mol. The molecular formula is C27H31N3O5. The van der Waals surface area contributed by atoms with E-state index >= 15 is 0 Å². The standard InChI is InChI=1S/C27H31N3O5/c1-29-12-13-30(15-24(29)26(32)33)25(31)17-10-11-18(14-17)28-27(34)35-16-23-21-8-4-2-6-19(21)20-7-3-5-9-22(20)23/h2-9,17-18,23-24H,10-16H2,1H3,(H,28,34)(H,32,33)/t17-,18+,24?/m1/s1. The molecule has 0 spiro atoms. The highest BCUT2D eigenvalue weighted by atomic mass is 16.5. The Morgan fingerprint density at radius 3 is 2.31 bits per heavy atom. The molecule has 184 valence electrons. The molecule has 0 bridgehead atoms. The van der Waals surface area contributed by atoms with Crippen LogP contribution in [0.1, 0.15) is 36.3 Å². The first kappa shape index (κ1) is 23.4. The zero-order valence-electron chi connectivity index (χ0n) is 19.9. The van der Waals surface area contributed by atoms with Gasteiger partial charge < -0.3 is 20.1 Å². The SMILES string of the molecule is CN1CCN(C(=O)[C@@H]2CC[C@H](NC(=O)OCC3c4ccccc4-c4ccccc43)C2)CC1C(=O)O. The average molecular weight is 478 g/mol. The van der Waals surface area contributed by atoms with Crippen LogP contribution in [0.25, 0.3) is 11.1 Å². The molecule has 2 amide bonds. The Hall–Kier alpha value is -3.39. The summed E-state index contributed by atoms with van der Waals surface area (Å²) in [5.74, 6) is -1.12. The Morgan fingerprint density at radius 2 is 1.66 bits per heavy atom. The van der Waals surface area contributed by atoms with Gasteiger partial charge in [0, 0.05) is 37.5 Å². The molecule has 2 aromatic rings. The minimum Gasteiger partial charge on any atom is -0.480 e. The quantitative estimate of drug-likeness (QED) is 0.687. The molecule has 1 saturated carbocycles. The zero-order chi connectivity index (χ0) is 24.5. The van der Waals surface area contributed by atoms with Crippen molar-refractivity contribution in [3.05, 3.63) is 59.7 Å². The maximum atomic E-state index is 13.0. The first-order valence-corrected chi connectivity index (χ1v) is 12.3. The number of nitrogens with zero attached hydrogens (tertiary/aromatic N) is 2. The van der Waals surface area contributed by atoms with Crippen LogP contribution in [0.15, 0.2) is 48.5 Å². The number of piperazine rings is 1. The van der Waals surface area contributed by atoms with E-state index in [2.05, 4.69) is 29.6 Å². The number of rotatable bonds is 5. The topological polar surface area (TPSA) is 99.2 Å². The number of hydrogen-bond donors (Lipinski definition) is 2. The van der Waals surface area contributed by atoms with E-state index in [9.17, 15) is 19.5 Å². The molecule has 1 saturated heterocycles.